The Morgan fingerprint density at radius 3 is 2.89 bits per heavy atom. The van der Waals surface area contributed by atoms with Gasteiger partial charge in [0.1, 0.15) is 0 Å². The molecular weight excluding hydrogens is 260 g/mol. The van der Waals surface area contributed by atoms with Gasteiger partial charge in [-0.3, -0.25) is 0 Å². The van der Waals surface area contributed by atoms with Crippen molar-refractivity contribution >= 4 is 17.3 Å². The summed E-state index contributed by atoms with van der Waals surface area (Å²) in [6.07, 6.45) is 1.68. The first-order chi connectivity index (χ1) is 9.20. The first kappa shape index (κ1) is 13.8. The Balaban J connectivity index is 2.02. The number of nitrogens with one attached hydrogen (secondary N) is 1. The van der Waals surface area contributed by atoms with E-state index in [4.69, 9.17) is 4.74 Å². The van der Waals surface area contributed by atoms with E-state index < -0.39 is 0 Å². The minimum atomic E-state index is 0.301. The maximum atomic E-state index is 5.08. The Bertz CT molecular complexity index is 501. The number of ether oxygens (including phenoxy) is 1. The van der Waals surface area contributed by atoms with Crippen molar-refractivity contribution in [2.45, 2.75) is 6.04 Å². The molecule has 2 rings (SSSR count). The van der Waals surface area contributed by atoms with Crippen LogP contribution in [0.2, 0.25) is 0 Å². The van der Waals surface area contributed by atoms with Crippen LogP contribution in [0, 0.1) is 0 Å². The lowest BCUT2D eigenvalue weighted by molar-refractivity contribution is 0.315. The molecule has 0 saturated heterocycles. The van der Waals surface area contributed by atoms with Gasteiger partial charge in [-0.15, -0.1) is 11.3 Å². The number of likely N-dealkylation sites (N-methyl/N-ethyl adjacent to an activating group) is 1. The monoisotopic (exact) mass is 278 g/mol. The molecule has 0 bridgehead atoms. The van der Waals surface area contributed by atoms with Crippen molar-refractivity contribution in [3.05, 3.63) is 34.7 Å². The molecule has 0 radical (unpaired) electrons. The second kappa shape index (κ2) is 6.49. The number of nitrogens with zero attached hydrogens (tertiary/aromatic N) is 3. The van der Waals surface area contributed by atoms with Gasteiger partial charge in [0, 0.05) is 23.7 Å². The van der Waals surface area contributed by atoms with E-state index in [0.29, 0.717) is 17.9 Å². The number of anilines is 1. The summed E-state index contributed by atoms with van der Waals surface area (Å²) in [7, 11) is 5.73. The molecule has 0 saturated carbocycles. The van der Waals surface area contributed by atoms with Crippen molar-refractivity contribution in [2.24, 2.45) is 0 Å². The van der Waals surface area contributed by atoms with Crippen LogP contribution in [0.15, 0.2) is 29.8 Å². The van der Waals surface area contributed by atoms with Crippen molar-refractivity contribution in [3.63, 3.8) is 0 Å². The molecular formula is C13H18N4OS. The zero-order valence-electron chi connectivity index (χ0n) is 11.3. The SMILES string of the molecule is COc1ccnc(NC[C@H](c2cccs2)N(C)C)n1. The quantitative estimate of drug-likeness (QED) is 0.878. The minimum Gasteiger partial charge on any atom is -0.481 e. The molecule has 0 amide bonds. The van der Waals surface area contributed by atoms with Gasteiger partial charge in [-0.2, -0.15) is 4.98 Å². The van der Waals surface area contributed by atoms with E-state index >= 15 is 0 Å². The van der Waals surface area contributed by atoms with Crippen LogP contribution in [0.3, 0.4) is 0 Å². The molecule has 1 N–H and O–H groups in total. The average molecular weight is 278 g/mol. The van der Waals surface area contributed by atoms with Crippen LogP contribution in [0.1, 0.15) is 10.9 Å². The van der Waals surface area contributed by atoms with E-state index in [1.165, 1.54) is 4.88 Å². The lowest BCUT2D eigenvalue weighted by atomic mass is 10.2. The summed E-state index contributed by atoms with van der Waals surface area (Å²) in [5.74, 6) is 1.15. The number of hydrogen-bond acceptors (Lipinski definition) is 6. The van der Waals surface area contributed by atoms with Crippen molar-refractivity contribution in [1.82, 2.24) is 14.9 Å². The second-order valence-electron chi connectivity index (χ2n) is 4.30. The molecule has 0 fully saturated rings. The maximum absolute atomic E-state index is 5.08. The van der Waals surface area contributed by atoms with Crippen LogP contribution in [-0.4, -0.2) is 42.6 Å². The lowest BCUT2D eigenvalue weighted by Crippen LogP contribution is -2.26. The van der Waals surface area contributed by atoms with E-state index in [9.17, 15) is 0 Å². The summed E-state index contributed by atoms with van der Waals surface area (Å²) in [4.78, 5) is 11.9. The first-order valence-corrected chi connectivity index (χ1v) is 6.89. The molecule has 6 heteroatoms. The van der Waals surface area contributed by atoms with Gasteiger partial charge in [0.25, 0.3) is 0 Å². The highest BCUT2D eigenvalue weighted by Gasteiger charge is 2.15. The highest BCUT2D eigenvalue weighted by molar-refractivity contribution is 7.10. The van der Waals surface area contributed by atoms with Crippen LogP contribution in [-0.2, 0) is 0 Å². The summed E-state index contributed by atoms with van der Waals surface area (Å²) in [5.41, 5.74) is 0. The molecule has 1 atom stereocenters. The fraction of sp³-hybridized carbons (Fsp3) is 0.385. The average Bonchev–Trinajstić information content (AvgIpc) is 2.93. The van der Waals surface area contributed by atoms with Gasteiger partial charge in [-0.05, 0) is 25.5 Å². The highest BCUT2D eigenvalue weighted by atomic mass is 32.1. The van der Waals surface area contributed by atoms with Gasteiger partial charge in [-0.25, -0.2) is 4.98 Å². The fourth-order valence-corrected chi connectivity index (χ4v) is 2.67. The summed E-state index contributed by atoms with van der Waals surface area (Å²) < 4.78 is 5.08. The van der Waals surface area contributed by atoms with Crippen molar-refractivity contribution in [3.8, 4) is 5.88 Å². The normalized spacial score (nSPS) is 12.4. The van der Waals surface area contributed by atoms with Gasteiger partial charge >= 0.3 is 0 Å². The van der Waals surface area contributed by atoms with Gasteiger partial charge in [0.2, 0.25) is 11.8 Å². The molecule has 0 spiro atoms. The Labute approximate surface area is 117 Å². The van der Waals surface area contributed by atoms with Crippen LogP contribution in [0.5, 0.6) is 5.88 Å². The highest BCUT2D eigenvalue weighted by Crippen LogP contribution is 2.23. The summed E-state index contributed by atoms with van der Waals surface area (Å²) >= 11 is 1.75. The van der Waals surface area contributed by atoms with Crippen LogP contribution < -0.4 is 10.1 Å². The molecule has 102 valence electrons. The fourth-order valence-electron chi connectivity index (χ4n) is 1.75. The van der Waals surface area contributed by atoms with E-state index in [-0.39, 0.29) is 0 Å². The van der Waals surface area contributed by atoms with Crippen LogP contribution >= 0.6 is 11.3 Å². The summed E-state index contributed by atoms with van der Waals surface area (Å²) in [5, 5.41) is 5.34. The number of methoxy groups -OCH3 is 1. The molecule has 0 unspecified atom stereocenters. The third-order valence-corrected chi connectivity index (χ3v) is 3.76. The maximum Gasteiger partial charge on any atom is 0.226 e. The van der Waals surface area contributed by atoms with Crippen molar-refractivity contribution in [1.29, 1.82) is 0 Å². The predicted molar refractivity (Wildman–Crippen MR) is 77.8 cm³/mol. The molecule has 2 aromatic rings. The van der Waals surface area contributed by atoms with E-state index in [0.717, 1.165) is 6.54 Å². The largest absolute Gasteiger partial charge is 0.481 e. The molecule has 0 aliphatic rings. The second-order valence-corrected chi connectivity index (χ2v) is 5.28. The third-order valence-electron chi connectivity index (χ3n) is 2.79. The van der Waals surface area contributed by atoms with Crippen molar-refractivity contribution < 1.29 is 4.74 Å². The number of hydrogen-bond donors (Lipinski definition) is 1. The van der Waals surface area contributed by atoms with E-state index in [1.54, 1.807) is 30.7 Å². The Hall–Kier alpha value is -1.66. The number of thiophene rings is 1. The first-order valence-electron chi connectivity index (χ1n) is 6.01. The number of rotatable bonds is 6. The number of aromatic nitrogens is 2. The van der Waals surface area contributed by atoms with Gasteiger partial charge in [-0.1, -0.05) is 6.07 Å². The van der Waals surface area contributed by atoms with Crippen LogP contribution in [0.25, 0.3) is 0 Å². The molecule has 0 aromatic carbocycles. The molecule has 0 aliphatic carbocycles. The van der Waals surface area contributed by atoms with E-state index in [1.807, 2.05) is 0 Å². The molecule has 2 heterocycles. The smallest absolute Gasteiger partial charge is 0.226 e. The molecule has 5 nitrogen and oxygen atoms in total. The third kappa shape index (κ3) is 3.65. The lowest BCUT2D eigenvalue weighted by Gasteiger charge is -2.23. The summed E-state index contributed by atoms with van der Waals surface area (Å²) in [6, 6.07) is 6.24. The topological polar surface area (TPSA) is 50.3 Å². The predicted octanol–water partition coefficient (Wildman–Crippen LogP) is 2.26. The zero-order valence-corrected chi connectivity index (χ0v) is 12.1. The van der Waals surface area contributed by atoms with Crippen molar-refractivity contribution in [2.75, 3.05) is 33.1 Å². The van der Waals surface area contributed by atoms with Gasteiger partial charge in [0.05, 0.1) is 13.2 Å². The molecule has 2 aromatic heterocycles. The summed E-state index contributed by atoms with van der Waals surface area (Å²) in [6.45, 7) is 0.751. The van der Waals surface area contributed by atoms with Crippen LogP contribution in [0.4, 0.5) is 5.95 Å². The Morgan fingerprint density at radius 1 is 1.42 bits per heavy atom. The minimum absolute atomic E-state index is 0.301. The standard InChI is InChI=1S/C13H18N4OS/c1-17(2)10(11-5-4-8-19-11)9-15-13-14-7-6-12(16-13)18-3/h4-8,10H,9H2,1-3H3,(H,14,15,16)/t10-/m1/s1. The molecule has 0 aliphatic heterocycles. The van der Waals surface area contributed by atoms with Gasteiger partial charge < -0.3 is 15.0 Å². The van der Waals surface area contributed by atoms with Gasteiger partial charge in [0.15, 0.2) is 0 Å². The van der Waals surface area contributed by atoms with E-state index in [2.05, 4.69) is 51.8 Å². The Morgan fingerprint density at radius 2 is 2.26 bits per heavy atom. The molecule has 19 heavy (non-hydrogen) atoms. The Kier molecular flexibility index (Phi) is 4.70. The zero-order chi connectivity index (χ0) is 13.7.